The molecule has 0 spiro atoms. The van der Waals surface area contributed by atoms with Crippen molar-refractivity contribution >= 4 is 45.1 Å². The molecular weight excluding hydrogens is 388 g/mol. The maximum absolute atomic E-state index is 12.4. The van der Waals surface area contributed by atoms with E-state index in [0.717, 1.165) is 22.7 Å². The van der Waals surface area contributed by atoms with Gasteiger partial charge in [-0.15, -0.1) is 16.4 Å². The monoisotopic (exact) mass is 402 g/mol. The lowest BCUT2D eigenvalue weighted by atomic mass is 10.2. The summed E-state index contributed by atoms with van der Waals surface area (Å²) in [6, 6.07) is 1.92. The Morgan fingerprint density at radius 2 is 2.07 bits per heavy atom. The number of thioether (sulfide) groups is 1. The number of aromatic carboxylic acids is 1. The van der Waals surface area contributed by atoms with Gasteiger partial charge in [-0.05, 0) is 32.4 Å². The fourth-order valence-electron chi connectivity index (χ4n) is 2.80. The maximum Gasteiger partial charge on any atom is 0.346 e. The number of carbonyl (C=O) groups is 1. The lowest BCUT2D eigenvalue weighted by Gasteiger charge is -1.99. The van der Waals surface area contributed by atoms with E-state index in [-0.39, 0.29) is 10.4 Å². The van der Waals surface area contributed by atoms with Crippen LogP contribution in [0.1, 0.15) is 32.4 Å². The molecule has 0 unspecified atom stereocenters. The minimum absolute atomic E-state index is 0.131. The van der Waals surface area contributed by atoms with E-state index >= 15 is 0 Å². The standard InChI is InChI=1S/C16H14N6O3S2/c1-6-4-7(2)22-15(17-6)20-16(21-22)26-5-9-18-12(23)10-8(3)11(14(24)25)27-13(10)19-9/h4H,5H2,1-3H3,(H,24,25)(H,18,19,23). The van der Waals surface area contributed by atoms with Crippen LogP contribution < -0.4 is 5.56 Å². The van der Waals surface area contributed by atoms with Crippen LogP contribution in [0.4, 0.5) is 0 Å². The number of aryl methyl sites for hydroxylation is 3. The molecule has 0 bridgehead atoms. The van der Waals surface area contributed by atoms with Gasteiger partial charge in [0.1, 0.15) is 15.5 Å². The molecule has 4 heterocycles. The normalized spacial score (nSPS) is 11.5. The summed E-state index contributed by atoms with van der Waals surface area (Å²) in [6.45, 7) is 5.44. The number of nitrogens with one attached hydrogen (secondary N) is 1. The number of H-pyrrole nitrogens is 1. The third-order valence-corrected chi connectivity index (χ3v) is 6.00. The number of hydrogen-bond acceptors (Lipinski definition) is 8. The van der Waals surface area contributed by atoms with Gasteiger partial charge in [0.15, 0.2) is 0 Å². The second-order valence-electron chi connectivity index (χ2n) is 5.99. The first-order valence-corrected chi connectivity index (χ1v) is 9.73. The topological polar surface area (TPSA) is 126 Å². The van der Waals surface area contributed by atoms with Gasteiger partial charge in [0, 0.05) is 11.4 Å². The molecule has 0 atom stereocenters. The van der Waals surface area contributed by atoms with Crippen LogP contribution in [0.3, 0.4) is 0 Å². The lowest BCUT2D eigenvalue weighted by Crippen LogP contribution is -2.11. The zero-order valence-electron chi connectivity index (χ0n) is 14.6. The average molecular weight is 402 g/mol. The molecule has 0 aliphatic carbocycles. The van der Waals surface area contributed by atoms with Crippen LogP contribution in [0.25, 0.3) is 16.0 Å². The zero-order chi connectivity index (χ0) is 19.3. The first-order valence-electron chi connectivity index (χ1n) is 7.93. The second kappa shape index (κ2) is 6.43. The van der Waals surface area contributed by atoms with E-state index in [4.69, 9.17) is 0 Å². The number of aromatic nitrogens is 6. The third-order valence-electron chi connectivity index (χ3n) is 3.98. The van der Waals surface area contributed by atoms with Crippen molar-refractivity contribution in [3.8, 4) is 0 Å². The van der Waals surface area contributed by atoms with Crippen LogP contribution in [-0.2, 0) is 5.75 Å². The molecule has 138 valence electrons. The van der Waals surface area contributed by atoms with Crippen LogP contribution in [0, 0.1) is 20.8 Å². The van der Waals surface area contributed by atoms with E-state index < -0.39 is 5.97 Å². The molecule has 0 aliphatic heterocycles. The number of carboxylic acids is 1. The Morgan fingerprint density at radius 1 is 1.30 bits per heavy atom. The summed E-state index contributed by atoms with van der Waals surface area (Å²) in [5, 5.41) is 14.5. The van der Waals surface area contributed by atoms with Gasteiger partial charge in [-0.25, -0.2) is 19.3 Å². The van der Waals surface area contributed by atoms with E-state index in [0.29, 0.717) is 38.3 Å². The summed E-state index contributed by atoms with van der Waals surface area (Å²) in [5.41, 5.74) is 1.89. The molecule has 0 fully saturated rings. The Kier molecular flexibility index (Phi) is 4.19. The largest absolute Gasteiger partial charge is 0.477 e. The Morgan fingerprint density at radius 3 is 2.81 bits per heavy atom. The van der Waals surface area contributed by atoms with Crippen LogP contribution in [0.5, 0.6) is 0 Å². The molecule has 0 aliphatic rings. The van der Waals surface area contributed by atoms with Crippen molar-refractivity contribution < 1.29 is 9.90 Å². The molecule has 27 heavy (non-hydrogen) atoms. The first-order chi connectivity index (χ1) is 12.8. The molecule has 0 amide bonds. The lowest BCUT2D eigenvalue weighted by molar-refractivity contribution is 0.0701. The molecule has 2 N–H and O–H groups in total. The number of nitrogens with zero attached hydrogens (tertiary/aromatic N) is 5. The summed E-state index contributed by atoms with van der Waals surface area (Å²) in [5.74, 6) is 0.250. The molecule has 0 aromatic carbocycles. The second-order valence-corrected chi connectivity index (χ2v) is 7.93. The van der Waals surface area contributed by atoms with Crippen molar-refractivity contribution in [3.05, 3.63) is 44.1 Å². The van der Waals surface area contributed by atoms with Gasteiger partial charge < -0.3 is 10.1 Å². The van der Waals surface area contributed by atoms with E-state index in [1.807, 2.05) is 19.9 Å². The summed E-state index contributed by atoms with van der Waals surface area (Å²) in [4.78, 5) is 40.0. The Bertz CT molecular complexity index is 1270. The Hall–Kier alpha value is -2.79. The number of fused-ring (bicyclic) bond motifs is 2. The van der Waals surface area contributed by atoms with Crippen molar-refractivity contribution in [3.63, 3.8) is 0 Å². The predicted octanol–water partition coefficient (Wildman–Crippen LogP) is 2.34. The van der Waals surface area contributed by atoms with Gasteiger partial charge in [0.2, 0.25) is 5.16 Å². The number of hydrogen-bond donors (Lipinski definition) is 2. The average Bonchev–Trinajstić information content (AvgIpc) is 3.14. The fraction of sp³-hybridized carbons (Fsp3) is 0.250. The van der Waals surface area contributed by atoms with Crippen molar-refractivity contribution in [1.29, 1.82) is 0 Å². The van der Waals surface area contributed by atoms with Crippen LogP contribution in [-0.4, -0.2) is 40.6 Å². The van der Waals surface area contributed by atoms with Crippen LogP contribution >= 0.6 is 23.1 Å². The number of thiophene rings is 1. The van der Waals surface area contributed by atoms with Gasteiger partial charge in [0.05, 0.1) is 11.1 Å². The highest BCUT2D eigenvalue weighted by Crippen LogP contribution is 2.27. The van der Waals surface area contributed by atoms with Crippen molar-refractivity contribution in [1.82, 2.24) is 29.5 Å². The molecule has 4 rings (SSSR count). The predicted molar refractivity (Wildman–Crippen MR) is 102 cm³/mol. The van der Waals surface area contributed by atoms with Crippen molar-refractivity contribution in [2.75, 3.05) is 0 Å². The van der Waals surface area contributed by atoms with Gasteiger partial charge in [-0.2, -0.15) is 4.98 Å². The van der Waals surface area contributed by atoms with E-state index in [9.17, 15) is 14.7 Å². The van der Waals surface area contributed by atoms with Crippen molar-refractivity contribution in [2.45, 2.75) is 31.7 Å². The molecule has 0 saturated carbocycles. The van der Waals surface area contributed by atoms with Crippen LogP contribution in [0.15, 0.2) is 16.0 Å². The van der Waals surface area contributed by atoms with Gasteiger partial charge in [-0.1, -0.05) is 11.8 Å². The van der Waals surface area contributed by atoms with Gasteiger partial charge in [-0.3, -0.25) is 4.79 Å². The van der Waals surface area contributed by atoms with Gasteiger partial charge in [0.25, 0.3) is 11.3 Å². The van der Waals surface area contributed by atoms with E-state index in [1.165, 1.54) is 11.8 Å². The summed E-state index contributed by atoms with van der Waals surface area (Å²) in [7, 11) is 0. The molecule has 9 nitrogen and oxygen atoms in total. The summed E-state index contributed by atoms with van der Waals surface area (Å²) < 4.78 is 1.66. The van der Waals surface area contributed by atoms with E-state index in [2.05, 4.69) is 25.0 Å². The minimum Gasteiger partial charge on any atom is -0.477 e. The van der Waals surface area contributed by atoms with Crippen molar-refractivity contribution in [2.24, 2.45) is 0 Å². The summed E-state index contributed by atoms with van der Waals surface area (Å²) >= 11 is 2.33. The molecular formula is C16H14N6O3S2. The summed E-state index contributed by atoms with van der Waals surface area (Å²) in [6.07, 6.45) is 0. The minimum atomic E-state index is -1.06. The molecule has 4 aromatic heterocycles. The fourth-order valence-corrected chi connectivity index (χ4v) is 4.53. The molecule has 0 saturated heterocycles. The Labute approximate surface area is 160 Å². The Balaban J connectivity index is 1.65. The third kappa shape index (κ3) is 3.08. The first kappa shape index (κ1) is 17.6. The highest BCUT2D eigenvalue weighted by atomic mass is 32.2. The maximum atomic E-state index is 12.4. The molecule has 11 heteroatoms. The highest BCUT2D eigenvalue weighted by molar-refractivity contribution is 7.98. The quantitative estimate of drug-likeness (QED) is 0.498. The zero-order valence-corrected chi connectivity index (χ0v) is 16.2. The number of rotatable bonds is 4. The number of carboxylic acid groups (broad SMARTS) is 1. The smallest absolute Gasteiger partial charge is 0.346 e. The molecule has 4 aromatic rings. The number of aromatic amines is 1. The SMILES string of the molecule is Cc1cc(C)n2nc(SCc3nc4sc(C(=O)O)c(C)c4c(=O)[nH]3)nc2n1. The van der Waals surface area contributed by atoms with E-state index in [1.54, 1.807) is 11.4 Å². The molecule has 0 radical (unpaired) electrons. The highest BCUT2D eigenvalue weighted by Gasteiger charge is 2.19. The van der Waals surface area contributed by atoms with Gasteiger partial charge >= 0.3 is 5.97 Å². The van der Waals surface area contributed by atoms with Crippen LogP contribution in [0.2, 0.25) is 0 Å².